The smallest absolute Gasteiger partial charge is 0.417 e. The highest BCUT2D eigenvalue weighted by Gasteiger charge is 2.46. The molecule has 162 valence electrons. The van der Waals surface area contributed by atoms with Crippen LogP contribution in [0.5, 0.6) is 0 Å². The third kappa shape index (κ3) is 3.87. The van der Waals surface area contributed by atoms with E-state index in [1.807, 2.05) is 0 Å². The van der Waals surface area contributed by atoms with E-state index in [0.29, 0.717) is 30.9 Å². The summed E-state index contributed by atoms with van der Waals surface area (Å²) in [4.78, 5) is 34.6. The number of likely N-dealkylation sites (tertiary alicyclic amines) is 1. The van der Waals surface area contributed by atoms with Crippen LogP contribution in [0.25, 0.3) is 0 Å². The maximum Gasteiger partial charge on any atom is 0.417 e. The number of thiazole rings is 1. The van der Waals surface area contributed by atoms with Crippen molar-refractivity contribution in [2.45, 2.75) is 24.6 Å². The molecule has 10 heteroatoms. The zero-order valence-corrected chi connectivity index (χ0v) is 17.0. The van der Waals surface area contributed by atoms with Gasteiger partial charge in [0.05, 0.1) is 5.56 Å². The minimum atomic E-state index is -4.66. The van der Waals surface area contributed by atoms with Gasteiger partial charge in [0.2, 0.25) is 5.78 Å². The summed E-state index contributed by atoms with van der Waals surface area (Å²) in [6.45, 7) is 0.632. The number of carbonyl (C=O) groups is 2. The number of hydrogen-bond donors (Lipinski definition) is 1. The molecule has 1 saturated heterocycles. The lowest BCUT2D eigenvalue weighted by Crippen LogP contribution is -2.43. The fourth-order valence-corrected chi connectivity index (χ4v) is 4.97. The van der Waals surface area contributed by atoms with Crippen LogP contribution in [0.15, 0.2) is 53.0 Å². The summed E-state index contributed by atoms with van der Waals surface area (Å²) in [6, 6.07) is 4.65. The van der Waals surface area contributed by atoms with E-state index in [-0.39, 0.29) is 11.6 Å². The maximum atomic E-state index is 13.4. The number of ketones is 1. The van der Waals surface area contributed by atoms with Crippen molar-refractivity contribution in [2.24, 2.45) is 10.9 Å². The number of Topliss-reactive ketones (excluding diaryl/α,β-unsaturated/α-hetero) is 1. The van der Waals surface area contributed by atoms with E-state index in [1.165, 1.54) is 34.4 Å². The van der Waals surface area contributed by atoms with Crippen molar-refractivity contribution in [3.05, 3.63) is 64.1 Å². The minimum Gasteiger partial charge on any atom is -0.465 e. The highest BCUT2D eigenvalue weighted by molar-refractivity contribution is 7.09. The van der Waals surface area contributed by atoms with Crippen LogP contribution in [0, 0.1) is 5.92 Å². The number of rotatable bonds is 4. The molecule has 2 aromatic rings. The molecule has 1 atom stereocenters. The first-order valence-corrected chi connectivity index (χ1v) is 10.5. The Kier molecular flexibility index (Phi) is 5.42. The second kappa shape index (κ2) is 7.92. The molecule has 0 radical (unpaired) electrons. The van der Waals surface area contributed by atoms with E-state index in [0.717, 1.165) is 12.1 Å². The molecule has 0 bridgehead atoms. The van der Waals surface area contributed by atoms with E-state index in [1.54, 1.807) is 17.7 Å². The lowest BCUT2D eigenvalue weighted by molar-refractivity contribution is -0.137. The molecule has 0 spiro atoms. The van der Waals surface area contributed by atoms with Crippen LogP contribution in [0.2, 0.25) is 0 Å². The van der Waals surface area contributed by atoms with Gasteiger partial charge in [0.15, 0.2) is 0 Å². The predicted molar refractivity (Wildman–Crippen MR) is 108 cm³/mol. The van der Waals surface area contributed by atoms with Gasteiger partial charge in [-0.1, -0.05) is 18.2 Å². The number of nitrogens with zero attached hydrogens (tertiary/aromatic N) is 3. The third-order valence-corrected chi connectivity index (χ3v) is 6.59. The molecule has 1 amide bonds. The first kappa shape index (κ1) is 21.2. The molecule has 6 nitrogen and oxygen atoms in total. The molecule has 1 aromatic heterocycles. The van der Waals surface area contributed by atoms with Gasteiger partial charge in [-0.25, -0.2) is 9.78 Å². The Morgan fingerprint density at radius 3 is 2.52 bits per heavy atom. The molecule has 1 fully saturated rings. The Bertz CT molecular complexity index is 1060. The van der Waals surface area contributed by atoms with Crippen molar-refractivity contribution >= 4 is 28.9 Å². The summed E-state index contributed by atoms with van der Waals surface area (Å²) < 4.78 is 40.2. The van der Waals surface area contributed by atoms with Crippen LogP contribution in [-0.4, -0.2) is 45.7 Å². The monoisotopic (exact) mass is 449 g/mol. The van der Waals surface area contributed by atoms with Crippen LogP contribution in [0.1, 0.15) is 33.8 Å². The van der Waals surface area contributed by atoms with E-state index in [9.17, 15) is 27.9 Å². The number of piperidine rings is 1. The molecular formula is C21H18F3N3O3S. The Balaban J connectivity index is 1.70. The van der Waals surface area contributed by atoms with Gasteiger partial charge in [-0.05, 0) is 37.0 Å². The number of allylic oxidation sites excluding steroid dienone is 1. The molecule has 1 aromatic carbocycles. The Morgan fingerprint density at radius 1 is 1.19 bits per heavy atom. The van der Waals surface area contributed by atoms with Gasteiger partial charge in [-0.3, -0.25) is 9.79 Å². The van der Waals surface area contributed by atoms with E-state index >= 15 is 0 Å². The van der Waals surface area contributed by atoms with Crippen molar-refractivity contribution in [2.75, 3.05) is 13.1 Å². The molecular weight excluding hydrogens is 431 g/mol. The van der Waals surface area contributed by atoms with Gasteiger partial charge in [0, 0.05) is 30.2 Å². The van der Waals surface area contributed by atoms with Crippen molar-refractivity contribution in [1.82, 2.24) is 9.88 Å². The first-order valence-electron chi connectivity index (χ1n) is 9.60. The standard InChI is InChI=1S/C21H18F3N3O3S/c22-21(23,24)15-4-2-1-3-14(15)17(28)16-5-8-20(26-16,18-25-9-12-31-18)13-6-10-27(11-7-13)19(29)30/h1-5,8-9,12-13H,6-7,10-11H2,(H,29,30). The number of alkyl halides is 3. The van der Waals surface area contributed by atoms with Crippen LogP contribution in [0.4, 0.5) is 18.0 Å². The summed E-state index contributed by atoms with van der Waals surface area (Å²) in [5.74, 6) is -0.931. The molecule has 31 heavy (non-hydrogen) atoms. The Hall–Kier alpha value is -3.01. The molecule has 0 aliphatic carbocycles. The highest BCUT2D eigenvalue weighted by atomic mass is 32.1. The Morgan fingerprint density at radius 2 is 1.90 bits per heavy atom. The number of amides is 1. The number of aromatic nitrogens is 1. The summed E-state index contributed by atoms with van der Waals surface area (Å²) in [5.41, 5.74) is -2.50. The van der Waals surface area contributed by atoms with Gasteiger partial charge < -0.3 is 10.0 Å². The fraction of sp³-hybridized carbons (Fsp3) is 0.333. The number of carboxylic acid groups (broad SMARTS) is 1. The zero-order chi connectivity index (χ0) is 22.2. The number of aliphatic imine (C=N–C) groups is 1. The molecule has 1 unspecified atom stereocenters. The van der Waals surface area contributed by atoms with Crippen molar-refractivity contribution in [3.63, 3.8) is 0 Å². The maximum absolute atomic E-state index is 13.4. The second-order valence-corrected chi connectivity index (χ2v) is 8.30. The van der Waals surface area contributed by atoms with Crippen molar-refractivity contribution in [1.29, 1.82) is 0 Å². The SMILES string of the molecule is O=C(C1=NC(c2nccs2)(C2CCN(C(=O)O)CC2)C=C1)c1ccccc1C(F)(F)F. The van der Waals surface area contributed by atoms with Gasteiger partial charge >= 0.3 is 12.3 Å². The molecule has 2 aliphatic heterocycles. The summed E-state index contributed by atoms with van der Waals surface area (Å²) in [6.07, 6.45) is 0.130. The predicted octanol–water partition coefficient (Wildman–Crippen LogP) is 4.64. The topological polar surface area (TPSA) is 82.9 Å². The summed E-state index contributed by atoms with van der Waals surface area (Å²) in [7, 11) is 0. The molecule has 1 N–H and O–H groups in total. The lowest BCUT2D eigenvalue weighted by atomic mass is 9.79. The number of benzene rings is 1. The van der Waals surface area contributed by atoms with Gasteiger partial charge in [-0.15, -0.1) is 11.3 Å². The van der Waals surface area contributed by atoms with Gasteiger partial charge in [0.25, 0.3) is 0 Å². The number of hydrogen-bond acceptors (Lipinski definition) is 5. The van der Waals surface area contributed by atoms with Gasteiger partial charge in [-0.2, -0.15) is 13.2 Å². The number of halogens is 3. The van der Waals surface area contributed by atoms with E-state index in [2.05, 4.69) is 9.98 Å². The molecule has 2 aliphatic rings. The van der Waals surface area contributed by atoms with Crippen LogP contribution >= 0.6 is 11.3 Å². The zero-order valence-electron chi connectivity index (χ0n) is 16.2. The average molecular weight is 449 g/mol. The second-order valence-electron chi connectivity index (χ2n) is 7.41. The third-order valence-electron chi connectivity index (χ3n) is 5.67. The van der Waals surface area contributed by atoms with E-state index in [4.69, 9.17) is 0 Å². The molecule has 4 rings (SSSR count). The normalized spacial score (nSPS) is 21.9. The Labute approximate surface area is 179 Å². The van der Waals surface area contributed by atoms with Crippen LogP contribution in [0.3, 0.4) is 0 Å². The van der Waals surface area contributed by atoms with Crippen molar-refractivity contribution < 1.29 is 27.9 Å². The quantitative estimate of drug-likeness (QED) is 0.690. The molecule has 3 heterocycles. The largest absolute Gasteiger partial charge is 0.465 e. The van der Waals surface area contributed by atoms with Crippen LogP contribution in [-0.2, 0) is 11.7 Å². The summed E-state index contributed by atoms with van der Waals surface area (Å²) in [5, 5.41) is 11.6. The van der Waals surface area contributed by atoms with Crippen molar-refractivity contribution in [3.8, 4) is 0 Å². The van der Waals surface area contributed by atoms with E-state index < -0.39 is 34.7 Å². The first-order chi connectivity index (χ1) is 14.7. The highest BCUT2D eigenvalue weighted by Crippen LogP contribution is 2.45. The lowest BCUT2D eigenvalue weighted by Gasteiger charge is -2.38. The minimum absolute atomic E-state index is 0.0624. The average Bonchev–Trinajstić information content (AvgIpc) is 3.44. The van der Waals surface area contributed by atoms with Crippen LogP contribution < -0.4 is 0 Å². The fourth-order valence-electron chi connectivity index (χ4n) is 4.13. The van der Waals surface area contributed by atoms with Gasteiger partial charge in [0.1, 0.15) is 16.3 Å². The summed E-state index contributed by atoms with van der Waals surface area (Å²) >= 11 is 1.35. The molecule has 0 saturated carbocycles. The number of carbonyl (C=O) groups excluding carboxylic acids is 1.